The lowest BCUT2D eigenvalue weighted by molar-refractivity contribution is -0.107. The first-order chi connectivity index (χ1) is 13.4. The van der Waals surface area contributed by atoms with Crippen molar-refractivity contribution in [1.82, 2.24) is 9.88 Å². The average molecular weight is 401 g/mol. The number of hydrogen-bond acceptors (Lipinski definition) is 7. The number of amides is 1. The number of nitrogens with two attached hydrogens (primary N) is 1. The Kier molecular flexibility index (Phi) is 7.34. The molecule has 1 amide bonds. The Bertz CT molecular complexity index is 928. The summed E-state index contributed by atoms with van der Waals surface area (Å²) in [6, 6.07) is 10.9. The molecule has 0 saturated heterocycles. The van der Waals surface area contributed by atoms with Gasteiger partial charge in [0.15, 0.2) is 16.6 Å². The van der Waals surface area contributed by atoms with Crippen LogP contribution in [0.5, 0.6) is 11.5 Å². The molecule has 7 nitrogen and oxygen atoms in total. The molecule has 0 aliphatic carbocycles. The average Bonchev–Trinajstić information content (AvgIpc) is 3.06. The Morgan fingerprint density at radius 1 is 1.18 bits per heavy atom. The fourth-order valence-corrected chi connectivity index (χ4v) is 3.25. The number of methoxy groups -OCH3 is 2. The van der Waals surface area contributed by atoms with Crippen LogP contribution in [0.3, 0.4) is 0 Å². The molecule has 0 atom stereocenters. The van der Waals surface area contributed by atoms with E-state index in [9.17, 15) is 9.59 Å². The number of nitrogen functional groups attached to an aromatic ring is 1. The number of carbonyl (C=O) groups is 2. The zero-order valence-corrected chi connectivity index (χ0v) is 17.1. The minimum atomic E-state index is -0.0672. The standard InChI is InChI=1S/C11H13NO2.C9H10N2O2S/c1-12(2)11(14)10-6-4-3-5-9(10)7-8-13;1-12-6-3-5-8(4-7(6)13-2)14-9(10)11-5/h3-6,8H,7H2,1-2H3;3-4H,1-2H3,(H2,10,11). The minimum Gasteiger partial charge on any atom is -0.493 e. The summed E-state index contributed by atoms with van der Waals surface area (Å²) >= 11 is 1.43. The molecule has 3 rings (SSSR count). The van der Waals surface area contributed by atoms with Crippen molar-refractivity contribution in [3.05, 3.63) is 47.5 Å². The van der Waals surface area contributed by atoms with Gasteiger partial charge in [0, 0.05) is 38.2 Å². The van der Waals surface area contributed by atoms with Gasteiger partial charge in [-0.2, -0.15) is 0 Å². The van der Waals surface area contributed by atoms with Gasteiger partial charge in [0.1, 0.15) is 6.29 Å². The predicted molar refractivity (Wildman–Crippen MR) is 111 cm³/mol. The number of hydrogen-bond donors (Lipinski definition) is 1. The van der Waals surface area contributed by atoms with E-state index in [2.05, 4.69) is 4.98 Å². The van der Waals surface area contributed by atoms with Crippen LogP contribution < -0.4 is 15.2 Å². The molecule has 0 saturated carbocycles. The smallest absolute Gasteiger partial charge is 0.253 e. The molecule has 8 heteroatoms. The molecule has 2 N–H and O–H groups in total. The number of carbonyl (C=O) groups excluding carboxylic acids is 2. The summed E-state index contributed by atoms with van der Waals surface area (Å²) in [5, 5.41) is 0.551. The Balaban J connectivity index is 0.000000200. The summed E-state index contributed by atoms with van der Waals surface area (Å²) in [6.07, 6.45) is 1.09. The van der Waals surface area contributed by atoms with E-state index in [0.29, 0.717) is 22.2 Å². The van der Waals surface area contributed by atoms with Gasteiger partial charge in [0.25, 0.3) is 5.91 Å². The lowest BCUT2D eigenvalue weighted by Crippen LogP contribution is -2.23. The van der Waals surface area contributed by atoms with E-state index in [1.54, 1.807) is 46.5 Å². The van der Waals surface area contributed by atoms with Crippen LogP contribution in [0.1, 0.15) is 15.9 Å². The van der Waals surface area contributed by atoms with Gasteiger partial charge in [-0.15, -0.1) is 0 Å². The number of anilines is 1. The highest BCUT2D eigenvalue weighted by Gasteiger charge is 2.11. The highest BCUT2D eigenvalue weighted by molar-refractivity contribution is 7.22. The number of rotatable bonds is 5. The maximum absolute atomic E-state index is 11.7. The molecule has 0 spiro atoms. The molecular formula is C20H23N3O4S. The van der Waals surface area contributed by atoms with Crippen molar-refractivity contribution in [3.8, 4) is 11.5 Å². The van der Waals surface area contributed by atoms with E-state index in [1.165, 1.54) is 16.2 Å². The maximum Gasteiger partial charge on any atom is 0.253 e. The van der Waals surface area contributed by atoms with Crippen molar-refractivity contribution in [2.75, 3.05) is 34.0 Å². The molecule has 1 aromatic heterocycles. The van der Waals surface area contributed by atoms with E-state index in [1.807, 2.05) is 18.2 Å². The Labute approximate surface area is 167 Å². The van der Waals surface area contributed by atoms with Gasteiger partial charge in [-0.25, -0.2) is 4.98 Å². The monoisotopic (exact) mass is 401 g/mol. The molecule has 3 aromatic rings. The van der Waals surface area contributed by atoms with Crippen molar-refractivity contribution in [1.29, 1.82) is 0 Å². The summed E-state index contributed by atoms with van der Waals surface area (Å²) in [6.45, 7) is 0. The number of aldehydes is 1. The second-order valence-corrected chi connectivity index (χ2v) is 7.02. The minimum absolute atomic E-state index is 0.0672. The van der Waals surface area contributed by atoms with E-state index in [0.717, 1.165) is 22.1 Å². The fourth-order valence-electron chi connectivity index (χ4n) is 2.51. The molecule has 0 bridgehead atoms. The summed E-state index contributed by atoms with van der Waals surface area (Å²) in [5.41, 5.74) is 7.82. The molecule has 0 aliphatic heterocycles. The van der Waals surface area contributed by atoms with E-state index < -0.39 is 0 Å². The summed E-state index contributed by atoms with van der Waals surface area (Å²) in [5.74, 6) is 1.30. The fraction of sp³-hybridized carbons (Fsp3) is 0.250. The van der Waals surface area contributed by atoms with Gasteiger partial charge >= 0.3 is 0 Å². The van der Waals surface area contributed by atoms with Gasteiger partial charge in [0.05, 0.1) is 24.4 Å². The molecule has 0 fully saturated rings. The van der Waals surface area contributed by atoms with Crippen molar-refractivity contribution in [2.24, 2.45) is 0 Å². The Morgan fingerprint density at radius 2 is 1.82 bits per heavy atom. The summed E-state index contributed by atoms with van der Waals surface area (Å²) < 4.78 is 11.3. The third-order valence-corrected chi connectivity index (χ3v) is 4.71. The maximum atomic E-state index is 11.7. The molecule has 148 valence electrons. The van der Waals surface area contributed by atoms with Crippen LogP contribution in [0, 0.1) is 0 Å². The summed E-state index contributed by atoms with van der Waals surface area (Å²) in [7, 11) is 6.59. The van der Waals surface area contributed by atoms with Crippen molar-refractivity contribution < 1.29 is 19.1 Å². The van der Waals surface area contributed by atoms with Crippen molar-refractivity contribution >= 4 is 38.9 Å². The van der Waals surface area contributed by atoms with Crippen molar-refractivity contribution in [2.45, 2.75) is 6.42 Å². The molecule has 1 heterocycles. The molecule has 0 unspecified atom stereocenters. The second-order valence-electron chi connectivity index (χ2n) is 5.95. The SMILES string of the molecule is CN(C)C(=O)c1ccccc1CC=O.COc1cc2nc(N)sc2cc1OC. The normalized spacial score (nSPS) is 10.0. The topological polar surface area (TPSA) is 94.8 Å². The van der Waals surface area contributed by atoms with E-state index >= 15 is 0 Å². The first-order valence-corrected chi connectivity index (χ1v) is 9.24. The first-order valence-electron chi connectivity index (χ1n) is 8.42. The number of nitrogens with zero attached hydrogens (tertiary/aromatic N) is 2. The number of ether oxygens (including phenoxy) is 2. The quantitative estimate of drug-likeness (QED) is 0.661. The van der Waals surface area contributed by atoms with Crippen LogP contribution >= 0.6 is 11.3 Å². The molecule has 0 radical (unpaired) electrons. The number of fused-ring (bicyclic) bond motifs is 1. The van der Waals surface area contributed by atoms with Gasteiger partial charge < -0.3 is 24.9 Å². The third kappa shape index (κ3) is 4.98. The van der Waals surface area contributed by atoms with Gasteiger partial charge in [-0.1, -0.05) is 29.5 Å². The van der Waals surface area contributed by atoms with Gasteiger partial charge in [-0.3, -0.25) is 4.79 Å². The lowest BCUT2D eigenvalue weighted by atomic mass is 10.0. The molecule has 0 aliphatic rings. The highest BCUT2D eigenvalue weighted by Crippen LogP contribution is 2.35. The van der Waals surface area contributed by atoms with Crippen LogP contribution in [0.2, 0.25) is 0 Å². The van der Waals surface area contributed by atoms with Crippen LogP contribution in [0.25, 0.3) is 10.2 Å². The van der Waals surface area contributed by atoms with E-state index in [-0.39, 0.29) is 12.3 Å². The van der Waals surface area contributed by atoms with Crippen LogP contribution in [-0.2, 0) is 11.2 Å². The van der Waals surface area contributed by atoms with Crippen molar-refractivity contribution in [3.63, 3.8) is 0 Å². The molecular weight excluding hydrogens is 378 g/mol. The zero-order valence-electron chi connectivity index (χ0n) is 16.3. The third-order valence-electron chi connectivity index (χ3n) is 3.87. The van der Waals surface area contributed by atoms with Gasteiger partial charge in [0.2, 0.25) is 0 Å². The molecule has 2 aromatic carbocycles. The van der Waals surface area contributed by atoms with Crippen LogP contribution in [0.4, 0.5) is 5.13 Å². The number of aromatic nitrogens is 1. The predicted octanol–water partition coefficient (Wildman–Crippen LogP) is 3.03. The number of benzene rings is 2. The van der Waals surface area contributed by atoms with Crippen LogP contribution in [-0.4, -0.2) is 50.4 Å². The Morgan fingerprint density at radius 3 is 2.43 bits per heavy atom. The number of thiazole rings is 1. The molecule has 28 heavy (non-hydrogen) atoms. The largest absolute Gasteiger partial charge is 0.493 e. The lowest BCUT2D eigenvalue weighted by Gasteiger charge is -2.12. The van der Waals surface area contributed by atoms with Gasteiger partial charge in [-0.05, 0) is 11.6 Å². The highest BCUT2D eigenvalue weighted by atomic mass is 32.1. The second kappa shape index (κ2) is 9.70. The van der Waals surface area contributed by atoms with Crippen LogP contribution in [0.15, 0.2) is 36.4 Å². The summed E-state index contributed by atoms with van der Waals surface area (Å²) in [4.78, 5) is 27.7. The van der Waals surface area contributed by atoms with E-state index in [4.69, 9.17) is 15.2 Å². The first kappa shape index (κ1) is 21.2. The Hall–Kier alpha value is -3.13. The zero-order chi connectivity index (χ0) is 20.7.